The molecular formula is C23H22N4O2S. The van der Waals surface area contributed by atoms with Crippen molar-refractivity contribution in [1.82, 2.24) is 20.0 Å². The summed E-state index contributed by atoms with van der Waals surface area (Å²) >= 11 is 1.56. The maximum Gasteiger partial charge on any atom is 0.251 e. The number of nitrogens with one attached hydrogen (secondary N) is 2. The van der Waals surface area contributed by atoms with Crippen molar-refractivity contribution < 1.29 is 9.59 Å². The second-order valence-electron chi connectivity index (χ2n) is 8.21. The summed E-state index contributed by atoms with van der Waals surface area (Å²) in [4.78, 5) is 29.8. The molecule has 2 heterocycles. The molecule has 2 N–H and O–H groups in total. The molecule has 7 heteroatoms. The highest BCUT2D eigenvalue weighted by atomic mass is 32.1. The molecule has 4 aromatic rings. The van der Waals surface area contributed by atoms with E-state index in [0.29, 0.717) is 16.5 Å². The van der Waals surface area contributed by atoms with Crippen molar-refractivity contribution in [2.24, 2.45) is 5.41 Å². The molecule has 30 heavy (non-hydrogen) atoms. The van der Waals surface area contributed by atoms with Gasteiger partial charge < -0.3 is 10.6 Å². The fourth-order valence-corrected chi connectivity index (χ4v) is 4.55. The number of carbonyl (C=O) groups excluding carboxylic acids is 2. The first-order chi connectivity index (χ1) is 14.5. The predicted molar refractivity (Wildman–Crippen MR) is 119 cm³/mol. The van der Waals surface area contributed by atoms with Gasteiger partial charge in [-0.15, -0.1) is 0 Å². The highest BCUT2D eigenvalue weighted by Crippen LogP contribution is 2.44. The molecule has 0 spiro atoms. The number of hydrogen-bond donors (Lipinski definition) is 2. The highest BCUT2D eigenvalue weighted by Gasteiger charge is 2.37. The molecule has 1 saturated carbocycles. The van der Waals surface area contributed by atoms with E-state index >= 15 is 0 Å². The Kier molecular flexibility index (Phi) is 4.36. The number of benzene rings is 2. The zero-order chi connectivity index (χ0) is 20.9. The van der Waals surface area contributed by atoms with Gasteiger partial charge in [-0.3, -0.25) is 14.0 Å². The molecule has 0 saturated heterocycles. The van der Waals surface area contributed by atoms with Gasteiger partial charge in [-0.25, -0.2) is 4.98 Å². The quantitative estimate of drug-likeness (QED) is 0.512. The van der Waals surface area contributed by atoms with E-state index in [-0.39, 0.29) is 11.8 Å². The number of thiazole rings is 1. The Hall–Kier alpha value is -3.19. The van der Waals surface area contributed by atoms with E-state index in [9.17, 15) is 9.59 Å². The number of imidazole rings is 1. The Balaban J connectivity index is 1.41. The summed E-state index contributed by atoms with van der Waals surface area (Å²) < 4.78 is 3.08. The molecule has 5 rings (SSSR count). The minimum Gasteiger partial charge on any atom is -0.355 e. The Morgan fingerprint density at radius 2 is 1.83 bits per heavy atom. The van der Waals surface area contributed by atoms with Crippen LogP contribution in [-0.4, -0.2) is 34.8 Å². The lowest BCUT2D eigenvalue weighted by atomic mass is 10.1. The number of fused-ring (bicyclic) bond motifs is 3. The molecule has 1 fully saturated rings. The minimum atomic E-state index is -0.107. The standard InChI is InChI=1S/C23H22N4O2S/c1-23(9-10-23)13-25-21(29)16-7-8-18-19(11-16)30-22-26-17(12-27(18)22)14-3-5-15(6-4-14)20(28)24-2/h3-8,11-12H,9-10,13H2,1-2H3,(H,24,28)(H,25,29). The van der Waals surface area contributed by atoms with Crippen LogP contribution in [0.2, 0.25) is 0 Å². The molecule has 0 atom stereocenters. The van der Waals surface area contributed by atoms with Gasteiger partial charge in [-0.05, 0) is 48.6 Å². The van der Waals surface area contributed by atoms with E-state index in [0.717, 1.165) is 33.0 Å². The molecule has 2 aromatic carbocycles. The van der Waals surface area contributed by atoms with Crippen LogP contribution in [0.1, 0.15) is 40.5 Å². The fraction of sp³-hybridized carbons (Fsp3) is 0.261. The minimum absolute atomic E-state index is 0.0204. The van der Waals surface area contributed by atoms with Crippen LogP contribution in [0, 0.1) is 5.41 Å². The number of rotatable bonds is 5. The van der Waals surface area contributed by atoms with Crippen LogP contribution in [0.15, 0.2) is 48.7 Å². The first kappa shape index (κ1) is 18.8. The van der Waals surface area contributed by atoms with Gasteiger partial charge in [0.25, 0.3) is 11.8 Å². The van der Waals surface area contributed by atoms with Gasteiger partial charge in [-0.2, -0.15) is 0 Å². The van der Waals surface area contributed by atoms with Gasteiger partial charge in [0.2, 0.25) is 0 Å². The third-order valence-electron chi connectivity index (χ3n) is 5.81. The van der Waals surface area contributed by atoms with Gasteiger partial charge >= 0.3 is 0 Å². The summed E-state index contributed by atoms with van der Waals surface area (Å²) in [6.07, 6.45) is 4.37. The predicted octanol–water partition coefficient (Wildman–Crippen LogP) is 4.11. The van der Waals surface area contributed by atoms with E-state index in [4.69, 9.17) is 4.98 Å². The molecule has 0 aliphatic heterocycles. The van der Waals surface area contributed by atoms with E-state index < -0.39 is 0 Å². The second-order valence-corrected chi connectivity index (χ2v) is 9.22. The van der Waals surface area contributed by atoms with Crippen LogP contribution < -0.4 is 10.6 Å². The number of aromatic nitrogens is 2. The maximum absolute atomic E-state index is 12.5. The van der Waals surface area contributed by atoms with Gasteiger partial charge in [0.15, 0.2) is 4.96 Å². The molecule has 1 aliphatic carbocycles. The number of carbonyl (C=O) groups is 2. The average molecular weight is 419 g/mol. The Morgan fingerprint density at radius 1 is 1.10 bits per heavy atom. The summed E-state index contributed by atoms with van der Waals surface area (Å²) in [5.41, 5.74) is 4.43. The summed E-state index contributed by atoms with van der Waals surface area (Å²) in [6, 6.07) is 13.2. The first-order valence-corrected chi connectivity index (χ1v) is 10.8. The topological polar surface area (TPSA) is 75.5 Å². The SMILES string of the molecule is CNC(=O)c1ccc(-c2cn3c(n2)sc2cc(C(=O)NCC4(C)CC4)ccc23)cc1. The van der Waals surface area contributed by atoms with Crippen LogP contribution in [0.3, 0.4) is 0 Å². The lowest BCUT2D eigenvalue weighted by Crippen LogP contribution is -2.28. The number of amides is 2. The van der Waals surface area contributed by atoms with Gasteiger partial charge in [0.1, 0.15) is 0 Å². The zero-order valence-corrected chi connectivity index (χ0v) is 17.7. The molecule has 152 valence electrons. The molecule has 0 bridgehead atoms. The van der Waals surface area contributed by atoms with Crippen LogP contribution in [0.25, 0.3) is 26.4 Å². The van der Waals surface area contributed by atoms with Gasteiger partial charge in [-0.1, -0.05) is 30.4 Å². The molecule has 2 aromatic heterocycles. The van der Waals surface area contributed by atoms with Crippen molar-refractivity contribution in [1.29, 1.82) is 0 Å². The lowest BCUT2D eigenvalue weighted by Gasteiger charge is -2.10. The van der Waals surface area contributed by atoms with Crippen molar-refractivity contribution in [3.05, 3.63) is 59.8 Å². The zero-order valence-electron chi connectivity index (χ0n) is 16.9. The molecule has 6 nitrogen and oxygen atoms in total. The van der Waals surface area contributed by atoms with Crippen LogP contribution in [0.4, 0.5) is 0 Å². The van der Waals surface area contributed by atoms with Crippen molar-refractivity contribution in [2.45, 2.75) is 19.8 Å². The lowest BCUT2D eigenvalue weighted by molar-refractivity contribution is 0.0943. The molecule has 0 radical (unpaired) electrons. The summed E-state index contributed by atoms with van der Waals surface area (Å²) in [7, 11) is 1.62. The molecular weight excluding hydrogens is 396 g/mol. The van der Waals surface area contributed by atoms with Crippen molar-refractivity contribution in [3.63, 3.8) is 0 Å². The second kappa shape index (κ2) is 6.95. The van der Waals surface area contributed by atoms with Crippen LogP contribution in [0.5, 0.6) is 0 Å². The van der Waals surface area contributed by atoms with Crippen LogP contribution >= 0.6 is 11.3 Å². The molecule has 0 unspecified atom stereocenters. The summed E-state index contributed by atoms with van der Waals surface area (Å²) in [6.45, 7) is 2.94. The normalized spacial score (nSPS) is 14.7. The van der Waals surface area contributed by atoms with Crippen molar-refractivity contribution in [2.75, 3.05) is 13.6 Å². The van der Waals surface area contributed by atoms with Crippen molar-refractivity contribution >= 4 is 38.3 Å². The van der Waals surface area contributed by atoms with E-state index in [1.165, 1.54) is 12.8 Å². The number of nitrogens with zero attached hydrogens (tertiary/aromatic N) is 2. The monoisotopic (exact) mass is 418 g/mol. The highest BCUT2D eigenvalue weighted by molar-refractivity contribution is 7.23. The average Bonchev–Trinajstić information content (AvgIpc) is 3.21. The van der Waals surface area contributed by atoms with E-state index in [1.807, 2.05) is 36.5 Å². The maximum atomic E-state index is 12.5. The Labute approximate surface area is 177 Å². The van der Waals surface area contributed by atoms with E-state index in [2.05, 4.69) is 22.0 Å². The third-order valence-corrected chi connectivity index (χ3v) is 6.82. The van der Waals surface area contributed by atoms with Gasteiger partial charge in [0.05, 0.1) is 15.9 Å². The Bertz CT molecular complexity index is 1280. The smallest absolute Gasteiger partial charge is 0.251 e. The van der Waals surface area contributed by atoms with Crippen molar-refractivity contribution in [3.8, 4) is 11.3 Å². The van der Waals surface area contributed by atoms with E-state index in [1.54, 1.807) is 30.5 Å². The molecule has 1 aliphatic rings. The molecule has 2 amide bonds. The fourth-order valence-electron chi connectivity index (χ4n) is 3.50. The van der Waals surface area contributed by atoms with Crippen LogP contribution in [-0.2, 0) is 0 Å². The Morgan fingerprint density at radius 3 is 2.53 bits per heavy atom. The number of hydrogen-bond acceptors (Lipinski definition) is 4. The summed E-state index contributed by atoms with van der Waals surface area (Å²) in [5, 5.41) is 5.68. The first-order valence-electron chi connectivity index (χ1n) is 9.98. The largest absolute Gasteiger partial charge is 0.355 e. The third kappa shape index (κ3) is 3.35. The van der Waals surface area contributed by atoms with Gasteiger partial charge in [0, 0.05) is 36.5 Å². The summed E-state index contributed by atoms with van der Waals surface area (Å²) in [5.74, 6) is -0.127.